The lowest BCUT2D eigenvalue weighted by atomic mass is 9.80. The van der Waals surface area contributed by atoms with Gasteiger partial charge in [-0.3, -0.25) is 0 Å². The van der Waals surface area contributed by atoms with E-state index < -0.39 is 10.0 Å². The summed E-state index contributed by atoms with van der Waals surface area (Å²) in [6.07, 6.45) is 5.94. The molecule has 1 heterocycles. The zero-order valence-corrected chi connectivity index (χ0v) is 12.2. The first-order chi connectivity index (χ1) is 9.11. The minimum absolute atomic E-state index is 0.0729. The van der Waals surface area contributed by atoms with Crippen molar-refractivity contribution in [1.29, 1.82) is 0 Å². The number of sulfonamides is 1. The Morgan fingerprint density at radius 2 is 1.84 bits per heavy atom. The lowest BCUT2D eigenvalue weighted by Crippen LogP contribution is -2.38. The number of aliphatic hydroxyl groups excluding tert-OH is 1. The van der Waals surface area contributed by atoms with Crippen LogP contribution in [0.5, 0.6) is 0 Å². The van der Waals surface area contributed by atoms with Crippen molar-refractivity contribution in [2.75, 3.05) is 25.5 Å². The molecule has 19 heavy (non-hydrogen) atoms. The molecule has 1 saturated heterocycles. The number of ether oxygens (including phenoxy) is 1. The molecule has 2 fully saturated rings. The fraction of sp³-hybridized carbons (Fsp3) is 1.00. The molecule has 0 spiro atoms. The van der Waals surface area contributed by atoms with Gasteiger partial charge in [0.05, 0.1) is 11.9 Å². The van der Waals surface area contributed by atoms with Gasteiger partial charge >= 0.3 is 0 Å². The standard InChI is InChI=1S/C13H25NO4S/c15-9-12-5-2-1-4-11(12)8-14-19(16,17)10-13-6-3-7-18-13/h11-15H,1-10H2. The van der Waals surface area contributed by atoms with Crippen LogP contribution in [0.1, 0.15) is 38.5 Å². The highest BCUT2D eigenvalue weighted by Gasteiger charge is 2.27. The highest BCUT2D eigenvalue weighted by Crippen LogP contribution is 2.29. The SMILES string of the molecule is O=S(=O)(CC1CCCO1)NCC1CCCCC1CO. The monoisotopic (exact) mass is 291 g/mol. The Kier molecular flexibility index (Phi) is 5.62. The molecule has 0 aromatic rings. The van der Waals surface area contributed by atoms with Crippen LogP contribution >= 0.6 is 0 Å². The summed E-state index contributed by atoms with van der Waals surface area (Å²) in [4.78, 5) is 0. The summed E-state index contributed by atoms with van der Waals surface area (Å²) in [7, 11) is -3.25. The van der Waals surface area contributed by atoms with Gasteiger partial charge in [0.1, 0.15) is 0 Å². The summed E-state index contributed by atoms with van der Waals surface area (Å²) in [6.45, 7) is 1.30. The smallest absolute Gasteiger partial charge is 0.214 e. The molecule has 1 saturated carbocycles. The first-order valence-electron chi connectivity index (χ1n) is 7.30. The number of rotatable bonds is 6. The second-order valence-electron chi connectivity index (χ2n) is 5.75. The van der Waals surface area contributed by atoms with Crippen LogP contribution < -0.4 is 4.72 Å². The number of aliphatic hydroxyl groups is 1. The second kappa shape index (κ2) is 7.02. The Hall–Kier alpha value is -0.170. The van der Waals surface area contributed by atoms with Crippen molar-refractivity contribution in [2.45, 2.75) is 44.6 Å². The van der Waals surface area contributed by atoms with Crippen molar-refractivity contribution in [3.8, 4) is 0 Å². The number of hydrogen-bond donors (Lipinski definition) is 2. The molecule has 0 aromatic carbocycles. The topological polar surface area (TPSA) is 75.6 Å². The zero-order valence-electron chi connectivity index (χ0n) is 11.4. The molecular weight excluding hydrogens is 266 g/mol. The van der Waals surface area contributed by atoms with E-state index >= 15 is 0 Å². The van der Waals surface area contributed by atoms with Gasteiger partial charge in [-0.1, -0.05) is 12.8 Å². The van der Waals surface area contributed by atoms with Gasteiger partial charge in [0.25, 0.3) is 0 Å². The molecule has 3 atom stereocenters. The average Bonchev–Trinajstić information content (AvgIpc) is 2.89. The highest BCUT2D eigenvalue weighted by molar-refractivity contribution is 7.89. The molecular formula is C13H25NO4S. The largest absolute Gasteiger partial charge is 0.396 e. The van der Waals surface area contributed by atoms with E-state index in [0.717, 1.165) is 38.5 Å². The number of hydrogen-bond acceptors (Lipinski definition) is 4. The van der Waals surface area contributed by atoms with Crippen LogP contribution in [0.3, 0.4) is 0 Å². The first-order valence-corrected chi connectivity index (χ1v) is 8.96. The van der Waals surface area contributed by atoms with Gasteiger partial charge in [-0.2, -0.15) is 0 Å². The maximum absolute atomic E-state index is 12.0. The molecule has 2 N–H and O–H groups in total. The van der Waals surface area contributed by atoms with Gasteiger partial charge in [0.15, 0.2) is 0 Å². The van der Waals surface area contributed by atoms with E-state index in [2.05, 4.69) is 4.72 Å². The Balaban J connectivity index is 1.79. The quantitative estimate of drug-likeness (QED) is 0.762. The Labute approximate surface area is 115 Å². The van der Waals surface area contributed by atoms with Crippen LogP contribution in [0.2, 0.25) is 0 Å². The predicted octanol–water partition coefficient (Wildman–Crippen LogP) is 0.883. The Bertz CT molecular complexity index is 365. The van der Waals surface area contributed by atoms with Gasteiger partial charge in [-0.25, -0.2) is 13.1 Å². The molecule has 0 aromatic heterocycles. The van der Waals surface area contributed by atoms with Crippen molar-refractivity contribution in [3.63, 3.8) is 0 Å². The molecule has 3 unspecified atom stereocenters. The third kappa shape index (κ3) is 4.70. The number of nitrogens with one attached hydrogen (secondary N) is 1. The molecule has 112 valence electrons. The van der Waals surface area contributed by atoms with Crippen molar-refractivity contribution < 1.29 is 18.3 Å². The van der Waals surface area contributed by atoms with Crippen LogP contribution in [-0.2, 0) is 14.8 Å². The molecule has 2 aliphatic rings. The average molecular weight is 291 g/mol. The van der Waals surface area contributed by atoms with Crippen molar-refractivity contribution in [3.05, 3.63) is 0 Å². The lowest BCUT2D eigenvalue weighted by molar-refractivity contribution is 0.126. The lowest BCUT2D eigenvalue weighted by Gasteiger charge is -2.30. The zero-order chi connectivity index (χ0) is 13.7. The van der Waals surface area contributed by atoms with Crippen LogP contribution in [0.15, 0.2) is 0 Å². The summed E-state index contributed by atoms with van der Waals surface area (Å²) >= 11 is 0. The molecule has 2 rings (SSSR count). The van der Waals surface area contributed by atoms with E-state index in [4.69, 9.17) is 4.74 Å². The maximum Gasteiger partial charge on any atom is 0.214 e. The van der Waals surface area contributed by atoms with Crippen molar-refractivity contribution in [1.82, 2.24) is 4.72 Å². The highest BCUT2D eigenvalue weighted by atomic mass is 32.2. The molecule has 0 radical (unpaired) electrons. The van der Waals surface area contributed by atoms with Crippen LogP contribution in [0, 0.1) is 11.8 Å². The van der Waals surface area contributed by atoms with E-state index in [1.807, 2.05) is 0 Å². The van der Waals surface area contributed by atoms with Gasteiger partial charge < -0.3 is 9.84 Å². The minimum atomic E-state index is -3.25. The van der Waals surface area contributed by atoms with Gasteiger partial charge in [-0.15, -0.1) is 0 Å². The van der Waals surface area contributed by atoms with Crippen LogP contribution in [0.25, 0.3) is 0 Å². The first kappa shape index (κ1) is 15.2. The predicted molar refractivity (Wildman–Crippen MR) is 73.3 cm³/mol. The normalized spacial score (nSPS) is 32.6. The van der Waals surface area contributed by atoms with E-state index in [1.165, 1.54) is 0 Å². The van der Waals surface area contributed by atoms with Crippen LogP contribution in [-0.4, -0.2) is 45.1 Å². The van der Waals surface area contributed by atoms with E-state index in [9.17, 15) is 13.5 Å². The van der Waals surface area contributed by atoms with Gasteiger partial charge in [0, 0.05) is 19.8 Å². The molecule has 6 heteroatoms. The van der Waals surface area contributed by atoms with Crippen LogP contribution in [0.4, 0.5) is 0 Å². The van der Waals surface area contributed by atoms with Crippen molar-refractivity contribution in [2.24, 2.45) is 11.8 Å². The van der Waals surface area contributed by atoms with Gasteiger partial charge in [-0.05, 0) is 37.5 Å². The third-order valence-electron chi connectivity index (χ3n) is 4.30. The summed E-state index contributed by atoms with van der Waals surface area (Å²) in [5.41, 5.74) is 0. The minimum Gasteiger partial charge on any atom is -0.396 e. The fourth-order valence-corrected chi connectivity index (χ4v) is 4.45. The molecule has 1 aliphatic heterocycles. The van der Waals surface area contributed by atoms with E-state index in [0.29, 0.717) is 13.2 Å². The fourth-order valence-electron chi connectivity index (χ4n) is 3.11. The molecule has 1 aliphatic carbocycles. The third-order valence-corrected chi connectivity index (χ3v) is 5.71. The maximum atomic E-state index is 12.0. The molecule has 5 nitrogen and oxygen atoms in total. The Morgan fingerprint density at radius 1 is 1.11 bits per heavy atom. The molecule has 0 amide bonds. The second-order valence-corrected chi connectivity index (χ2v) is 7.60. The van der Waals surface area contributed by atoms with Gasteiger partial charge in [0.2, 0.25) is 10.0 Å². The summed E-state index contributed by atoms with van der Waals surface area (Å²) in [6, 6.07) is 0. The Morgan fingerprint density at radius 3 is 2.47 bits per heavy atom. The summed E-state index contributed by atoms with van der Waals surface area (Å²) < 4.78 is 32.0. The van der Waals surface area contributed by atoms with Crippen molar-refractivity contribution >= 4 is 10.0 Å². The molecule has 0 bridgehead atoms. The van der Waals surface area contributed by atoms with E-state index in [1.54, 1.807) is 0 Å². The summed E-state index contributed by atoms with van der Waals surface area (Å²) in [5, 5.41) is 9.32. The summed E-state index contributed by atoms with van der Waals surface area (Å²) in [5.74, 6) is 0.598. The van der Waals surface area contributed by atoms with E-state index in [-0.39, 0.29) is 30.3 Å².